The maximum atomic E-state index is 11.2. The van der Waals surface area contributed by atoms with Crippen molar-refractivity contribution in [1.29, 1.82) is 0 Å². The molecular formula is C15H25NO. The van der Waals surface area contributed by atoms with E-state index in [4.69, 9.17) is 5.73 Å². The molecule has 5 aliphatic carbocycles. The largest absolute Gasteiger partial charge is 0.388 e. The van der Waals surface area contributed by atoms with E-state index < -0.39 is 5.60 Å². The van der Waals surface area contributed by atoms with Crippen LogP contribution in [0.1, 0.15) is 51.4 Å². The Hall–Kier alpha value is -0.0800. The minimum absolute atomic E-state index is 0.220. The standard InChI is InChI=1S/C15H25NO/c16-9-15(17,13-1-2-13)14-6-10-3-11(7-14)5-12(4-10)8-14/h10-13,17H,1-9,16H2. The first-order valence-corrected chi connectivity index (χ1v) is 7.58. The highest BCUT2D eigenvalue weighted by Crippen LogP contribution is 2.66. The van der Waals surface area contributed by atoms with Gasteiger partial charge in [-0.05, 0) is 75.0 Å². The number of hydrogen-bond acceptors (Lipinski definition) is 2. The second-order valence-electron chi connectivity index (χ2n) is 7.60. The summed E-state index contributed by atoms with van der Waals surface area (Å²) in [4.78, 5) is 0. The maximum absolute atomic E-state index is 11.2. The molecule has 17 heavy (non-hydrogen) atoms. The summed E-state index contributed by atoms with van der Waals surface area (Å²) >= 11 is 0. The van der Waals surface area contributed by atoms with Crippen LogP contribution in [0.2, 0.25) is 0 Å². The fourth-order valence-electron chi connectivity index (χ4n) is 6.02. The molecule has 0 aromatic heterocycles. The van der Waals surface area contributed by atoms with Crippen LogP contribution in [-0.2, 0) is 0 Å². The summed E-state index contributed by atoms with van der Waals surface area (Å²) in [6.07, 6.45) is 10.6. The molecule has 0 radical (unpaired) electrons. The maximum Gasteiger partial charge on any atom is 0.0853 e. The summed E-state index contributed by atoms with van der Waals surface area (Å²) in [5.41, 5.74) is 5.73. The minimum atomic E-state index is -0.511. The Bertz CT molecular complexity index is 301. The second-order valence-corrected chi connectivity index (χ2v) is 7.60. The highest BCUT2D eigenvalue weighted by Gasteiger charge is 2.63. The molecule has 1 atom stereocenters. The average molecular weight is 235 g/mol. The number of nitrogens with two attached hydrogens (primary N) is 1. The smallest absolute Gasteiger partial charge is 0.0853 e. The van der Waals surface area contributed by atoms with Crippen molar-refractivity contribution in [3.05, 3.63) is 0 Å². The zero-order chi connectivity index (χ0) is 11.7. The van der Waals surface area contributed by atoms with E-state index in [9.17, 15) is 5.11 Å². The Morgan fingerprint density at radius 3 is 1.82 bits per heavy atom. The van der Waals surface area contributed by atoms with Crippen molar-refractivity contribution in [1.82, 2.24) is 0 Å². The first kappa shape index (κ1) is 10.8. The lowest BCUT2D eigenvalue weighted by molar-refractivity contribution is -0.184. The lowest BCUT2D eigenvalue weighted by atomic mass is 9.44. The lowest BCUT2D eigenvalue weighted by Gasteiger charge is -2.62. The van der Waals surface area contributed by atoms with Gasteiger partial charge in [-0.1, -0.05) is 0 Å². The fraction of sp³-hybridized carbons (Fsp3) is 1.00. The van der Waals surface area contributed by atoms with Gasteiger partial charge >= 0.3 is 0 Å². The van der Waals surface area contributed by atoms with Crippen LogP contribution < -0.4 is 5.73 Å². The van der Waals surface area contributed by atoms with E-state index in [-0.39, 0.29) is 5.41 Å². The van der Waals surface area contributed by atoms with Gasteiger partial charge in [-0.25, -0.2) is 0 Å². The van der Waals surface area contributed by atoms with Gasteiger partial charge in [0.1, 0.15) is 0 Å². The van der Waals surface area contributed by atoms with Crippen LogP contribution in [0, 0.1) is 29.1 Å². The Morgan fingerprint density at radius 2 is 1.47 bits per heavy atom. The first-order chi connectivity index (χ1) is 8.15. The topological polar surface area (TPSA) is 46.2 Å². The number of aliphatic hydroxyl groups is 1. The fourth-order valence-corrected chi connectivity index (χ4v) is 6.02. The van der Waals surface area contributed by atoms with E-state index in [1.54, 1.807) is 0 Å². The summed E-state index contributed by atoms with van der Waals surface area (Å²) in [5, 5.41) is 11.2. The van der Waals surface area contributed by atoms with E-state index in [1.165, 1.54) is 51.4 Å². The molecule has 0 amide bonds. The average Bonchev–Trinajstić information content (AvgIpc) is 3.09. The van der Waals surface area contributed by atoms with Crippen molar-refractivity contribution in [2.75, 3.05) is 6.54 Å². The Balaban J connectivity index is 1.71. The molecule has 0 aromatic rings. The van der Waals surface area contributed by atoms with Gasteiger partial charge in [-0.2, -0.15) is 0 Å². The molecule has 2 heteroatoms. The van der Waals surface area contributed by atoms with Crippen molar-refractivity contribution in [3.63, 3.8) is 0 Å². The highest BCUT2D eigenvalue weighted by atomic mass is 16.3. The summed E-state index contributed by atoms with van der Waals surface area (Å²) in [5.74, 6) is 3.28. The molecule has 0 aliphatic heterocycles. The van der Waals surface area contributed by atoms with Crippen molar-refractivity contribution in [3.8, 4) is 0 Å². The molecular weight excluding hydrogens is 210 g/mol. The number of rotatable bonds is 3. The van der Waals surface area contributed by atoms with Gasteiger partial charge in [0.05, 0.1) is 5.60 Å². The van der Waals surface area contributed by atoms with Crippen LogP contribution in [0.15, 0.2) is 0 Å². The van der Waals surface area contributed by atoms with Gasteiger partial charge in [0.2, 0.25) is 0 Å². The monoisotopic (exact) mass is 235 g/mol. The predicted molar refractivity (Wildman–Crippen MR) is 67.3 cm³/mol. The molecule has 5 saturated carbocycles. The summed E-state index contributed by atoms with van der Waals surface area (Å²) in [6.45, 7) is 0.504. The molecule has 0 spiro atoms. The van der Waals surface area contributed by atoms with Crippen LogP contribution in [0.3, 0.4) is 0 Å². The molecule has 0 saturated heterocycles. The Labute approximate surface area is 104 Å². The van der Waals surface area contributed by atoms with E-state index in [1.807, 2.05) is 0 Å². The van der Waals surface area contributed by atoms with Gasteiger partial charge in [-0.3, -0.25) is 0 Å². The van der Waals surface area contributed by atoms with E-state index in [0.717, 1.165) is 17.8 Å². The van der Waals surface area contributed by atoms with Gasteiger partial charge in [0, 0.05) is 12.0 Å². The SMILES string of the molecule is NCC(O)(C1CC1)C12CC3CC(CC(C3)C1)C2. The molecule has 0 aromatic carbocycles. The predicted octanol–water partition coefficient (Wildman–Crippen LogP) is 2.30. The van der Waals surface area contributed by atoms with Crippen molar-refractivity contribution in [2.24, 2.45) is 34.8 Å². The van der Waals surface area contributed by atoms with Crippen molar-refractivity contribution < 1.29 is 5.11 Å². The molecule has 5 fully saturated rings. The normalized spacial score (nSPS) is 51.5. The molecule has 2 nitrogen and oxygen atoms in total. The molecule has 1 unspecified atom stereocenters. The van der Waals surface area contributed by atoms with Crippen LogP contribution in [-0.4, -0.2) is 17.3 Å². The van der Waals surface area contributed by atoms with Crippen molar-refractivity contribution >= 4 is 0 Å². The van der Waals surface area contributed by atoms with E-state index >= 15 is 0 Å². The van der Waals surface area contributed by atoms with E-state index in [0.29, 0.717) is 12.5 Å². The van der Waals surface area contributed by atoms with Crippen LogP contribution in [0.4, 0.5) is 0 Å². The molecule has 4 bridgehead atoms. The highest BCUT2D eigenvalue weighted by molar-refractivity contribution is 5.14. The summed E-state index contributed by atoms with van der Waals surface area (Å²) < 4.78 is 0. The van der Waals surface area contributed by atoms with Crippen LogP contribution in [0.25, 0.3) is 0 Å². The second kappa shape index (κ2) is 3.27. The van der Waals surface area contributed by atoms with Crippen molar-refractivity contribution in [2.45, 2.75) is 57.0 Å². The van der Waals surface area contributed by atoms with Gasteiger partial charge in [0.25, 0.3) is 0 Å². The summed E-state index contributed by atoms with van der Waals surface area (Å²) in [7, 11) is 0. The third-order valence-corrected chi connectivity index (χ3v) is 6.52. The third-order valence-electron chi connectivity index (χ3n) is 6.52. The molecule has 3 N–H and O–H groups in total. The quantitative estimate of drug-likeness (QED) is 0.788. The Morgan fingerprint density at radius 1 is 1.00 bits per heavy atom. The zero-order valence-electron chi connectivity index (χ0n) is 10.7. The van der Waals surface area contributed by atoms with Gasteiger partial charge < -0.3 is 10.8 Å². The zero-order valence-corrected chi connectivity index (χ0v) is 10.7. The minimum Gasteiger partial charge on any atom is -0.388 e. The summed E-state index contributed by atoms with van der Waals surface area (Å²) in [6, 6.07) is 0. The third kappa shape index (κ3) is 1.34. The van der Waals surface area contributed by atoms with Gasteiger partial charge in [0.15, 0.2) is 0 Å². The first-order valence-electron chi connectivity index (χ1n) is 7.58. The number of hydrogen-bond donors (Lipinski definition) is 2. The Kier molecular flexibility index (Phi) is 2.08. The van der Waals surface area contributed by atoms with Crippen LogP contribution >= 0.6 is 0 Å². The molecule has 5 rings (SSSR count). The van der Waals surface area contributed by atoms with Crippen LogP contribution in [0.5, 0.6) is 0 Å². The molecule has 5 aliphatic rings. The molecule has 0 heterocycles. The van der Waals surface area contributed by atoms with E-state index in [2.05, 4.69) is 0 Å². The molecule has 96 valence electrons. The lowest BCUT2D eigenvalue weighted by Crippen LogP contribution is -2.62. The van der Waals surface area contributed by atoms with Gasteiger partial charge in [-0.15, -0.1) is 0 Å².